The number of rotatable bonds is 3. The van der Waals surface area contributed by atoms with Gasteiger partial charge in [0.2, 0.25) is 5.91 Å². The third kappa shape index (κ3) is 3.95. The lowest BCUT2D eigenvalue weighted by molar-refractivity contribution is -0.117. The minimum atomic E-state index is 0. The van der Waals surface area contributed by atoms with E-state index in [2.05, 4.69) is 10.6 Å². The average Bonchev–Trinajstić information content (AvgIpc) is 3.33. The Morgan fingerprint density at radius 3 is 2.29 bits per heavy atom. The van der Waals surface area contributed by atoms with E-state index in [1.807, 2.05) is 4.90 Å². The summed E-state index contributed by atoms with van der Waals surface area (Å²) in [5.74, 6) is 0.343. The fourth-order valence-corrected chi connectivity index (χ4v) is 2.34. The SMILES string of the molecule is Cl.O=C(Nc1ccc(C(=O)N2CCNCC2)cc1)C1CC1. The van der Waals surface area contributed by atoms with Crippen molar-refractivity contribution in [1.29, 1.82) is 0 Å². The number of carbonyl (C=O) groups excluding carboxylic acids is 2. The second kappa shape index (κ2) is 6.91. The molecule has 1 aliphatic carbocycles. The Labute approximate surface area is 130 Å². The van der Waals surface area contributed by atoms with Crippen LogP contribution in [0.4, 0.5) is 5.69 Å². The first-order valence-corrected chi connectivity index (χ1v) is 7.15. The molecule has 2 aliphatic rings. The Kier molecular flexibility index (Phi) is 5.20. The predicted molar refractivity (Wildman–Crippen MR) is 83.8 cm³/mol. The maximum atomic E-state index is 12.3. The molecule has 1 aliphatic heterocycles. The molecule has 2 fully saturated rings. The van der Waals surface area contributed by atoms with Crippen molar-refractivity contribution in [2.24, 2.45) is 5.92 Å². The number of carbonyl (C=O) groups is 2. The highest BCUT2D eigenvalue weighted by atomic mass is 35.5. The maximum Gasteiger partial charge on any atom is 0.253 e. The zero-order valence-corrected chi connectivity index (χ0v) is 12.6. The number of benzene rings is 1. The van der Waals surface area contributed by atoms with E-state index in [0.29, 0.717) is 5.56 Å². The van der Waals surface area contributed by atoms with E-state index >= 15 is 0 Å². The van der Waals surface area contributed by atoms with Crippen LogP contribution in [0.2, 0.25) is 0 Å². The average molecular weight is 310 g/mol. The fourth-order valence-electron chi connectivity index (χ4n) is 2.34. The van der Waals surface area contributed by atoms with Crippen LogP contribution in [0.25, 0.3) is 0 Å². The summed E-state index contributed by atoms with van der Waals surface area (Å²) in [6.07, 6.45) is 1.98. The number of amides is 2. The van der Waals surface area contributed by atoms with Gasteiger partial charge in [-0.2, -0.15) is 0 Å². The molecule has 6 heteroatoms. The van der Waals surface area contributed by atoms with Crippen molar-refractivity contribution in [3.63, 3.8) is 0 Å². The Hall–Kier alpha value is -1.59. The molecule has 1 saturated carbocycles. The molecular weight excluding hydrogens is 290 g/mol. The van der Waals surface area contributed by atoms with Crippen molar-refractivity contribution in [2.45, 2.75) is 12.8 Å². The van der Waals surface area contributed by atoms with E-state index < -0.39 is 0 Å². The van der Waals surface area contributed by atoms with E-state index in [1.54, 1.807) is 24.3 Å². The molecular formula is C15H20ClN3O2. The Morgan fingerprint density at radius 1 is 1.10 bits per heavy atom. The van der Waals surface area contributed by atoms with E-state index in [0.717, 1.165) is 44.7 Å². The smallest absolute Gasteiger partial charge is 0.253 e. The van der Waals surface area contributed by atoms with Crippen LogP contribution in [-0.2, 0) is 4.79 Å². The second-order valence-electron chi connectivity index (χ2n) is 5.38. The molecule has 1 aromatic rings. The topological polar surface area (TPSA) is 61.4 Å². The van der Waals surface area contributed by atoms with Gasteiger partial charge in [-0.05, 0) is 37.1 Å². The normalized spacial score (nSPS) is 17.8. The first-order valence-electron chi connectivity index (χ1n) is 7.15. The number of nitrogens with zero attached hydrogens (tertiary/aromatic N) is 1. The number of nitrogens with one attached hydrogen (secondary N) is 2. The molecule has 0 spiro atoms. The third-order valence-corrected chi connectivity index (χ3v) is 3.75. The molecule has 114 valence electrons. The first-order chi connectivity index (χ1) is 9.74. The Bertz CT molecular complexity index is 508. The molecule has 5 nitrogen and oxygen atoms in total. The van der Waals surface area contributed by atoms with Gasteiger partial charge in [-0.15, -0.1) is 12.4 Å². The number of halogens is 1. The van der Waals surface area contributed by atoms with Crippen LogP contribution in [0, 0.1) is 5.92 Å². The van der Waals surface area contributed by atoms with Crippen molar-refractivity contribution in [2.75, 3.05) is 31.5 Å². The van der Waals surface area contributed by atoms with Gasteiger partial charge in [0, 0.05) is 43.3 Å². The molecule has 1 saturated heterocycles. The predicted octanol–water partition coefficient (Wildman–Crippen LogP) is 1.50. The highest BCUT2D eigenvalue weighted by molar-refractivity contribution is 5.96. The van der Waals surface area contributed by atoms with Crippen molar-refractivity contribution in [3.05, 3.63) is 29.8 Å². The van der Waals surface area contributed by atoms with Crippen LogP contribution >= 0.6 is 12.4 Å². The standard InChI is InChI=1S/C15H19N3O2.ClH/c19-14(11-1-2-11)17-13-5-3-12(4-6-13)15(20)18-9-7-16-8-10-18;/h3-6,11,16H,1-2,7-10H2,(H,17,19);1H. The van der Waals surface area contributed by atoms with E-state index in [9.17, 15) is 9.59 Å². The van der Waals surface area contributed by atoms with Crippen molar-refractivity contribution < 1.29 is 9.59 Å². The zero-order valence-electron chi connectivity index (χ0n) is 11.8. The summed E-state index contributed by atoms with van der Waals surface area (Å²) < 4.78 is 0. The molecule has 0 unspecified atom stereocenters. The molecule has 1 aromatic carbocycles. The second-order valence-corrected chi connectivity index (χ2v) is 5.38. The summed E-state index contributed by atoms with van der Waals surface area (Å²) in [5, 5.41) is 6.10. The Balaban J connectivity index is 0.00000161. The Morgan fingerprint density at radius 2 is 1.71 bits per heavy atom. The van der Waals surface area contributed by atoms with Crippen LogP contribution in [0.15, 0.2) is 24.3 Å². The van der Waals surface area contributed by atoms with Gasteiger partial charge in [-0.25, -0.2) is 0 Å². The van der Waals surface area contributed by atoms with Gasteiger partial charge in [-0.3, -0.25) is 9.59 Å². The quantitative estimate of drug-likeness (QED) is 0.889. The van der Waals surface area contributed by atoms with Gasteiger partial charge in [0.25, 0.3) is 5.91 Å². The number of hydrogen-bond acceptors (Lipinski definition) is 3. The number of anilines is 1. The lowest BCUT2D eigenvalue weighted by atomic mass is 10.1. The van der Waals surface area contributed by atoms with Gasteiger partial charge < -0.3 is 15.5 Å². The van der Waals surface area contributed by atoms with Gasteiger partial charge in [-0.1, -0.05) is 0 Å². The summed E-state index contributed by atoms with van der Waals surface area (Å²) >= 11 is 0. The minimum absolute atomic E-state index is 0. The van der Waals surface area contributed by atoms with Crippen LogP contribution < -0.4 is 10.6 Å². The number of hydrogen-bond donors (Lipinski definition) is 2. The minimum Gasteiger partial charge on any atom is -0.336 e. The molecule has 2 N–H and O–H groups in total. The lowest BCUT2D eigenvalue weighted by Crippen LogP contribution is -2.46. The van der Waals surface area contributed by atoms with Crippen LogP contribution in [0.3, 0.4) is 0 Å². The van der Waals surface area contributed by atoms with E-state index in [-0.39, 0.29) is 30.1 Å². The summed E-state index contributed by atoms with van der Waals surface area (Å²) in [5.41, 5.74) is 1.44. The summed E-state index contributed by atoms with van der Waals surface area (Å²) in [6.45, 7) is 3.19. The molecule has 21 heavy (non-hydrogen) atoms. The van der Waals surface area contributed by atoms with Crippen molar-refractivity contribution in [1.82, 2.24) is 10.2 Å². The monoisotopic (exact) mass is 309 g/mol. The fraction of sp³-hybridized carbons (Fsp3) is 0.467. The molecule has 0 atom stereocenters. The molecule has 0 radical (unpaired) electrons. The maximum absolute atomic E-state index is 12.3. The summed E-state index contributed by atoms with van der Waals surface area (Å²) in [7, 11) is 0. The van der Waals surface area contributed by atoms with E-state index in [1.165, 1.54) is 0 Å². The lowest BCUT2D eigenvalue weighted by Gasteiger charge is -2.27. The highest BCUT2D eigenvalue weighted by Gasteiger charge is 2.29. The van der Waals surface area contributed by atoms with Gasteiger partial charge in [0.15, 0.2) is 0 Å². The van der Waals surface area contributed by atoms with Gasteiger partial charge in [0.1, 0.15) is 0 Å². The van der Waals surface area contributed by atoms with Crippen molar-refractivity contribution in [3.8, 4) is 0 Å². The largest absolute Gasteiger partial charge is 0.336 e. The molecule has 3 rings (SSSR count). The number of piperazine rings is 1. The van der Waals surface area contributed by atoms with Gasteiger partial charge in [0.05, 0.1) is 0 Å². The van der Waals surface area contributed by atoms with E-state index in [4.69, 9.17) is 0 Å². The third-order valence-electron chi connectivity index (χ3n) is 3.75. The molecule has 0 aromatic heterocycles. The molecule has 0 bridgehead atoms. The summed E-state index contributed by atoms with van der Waals surface area (Å²) in [4.78, 5) is 25.8. The van der Waals surface area contributed by atoms with Crippen LogP contribution in [-0.4, -0.2) is 42.9 Å². The van der Waals surface area contributed by atoms with Crippen molar-refractivity contribution >= 4 is 29.9 Å². The highest BCUT2D eigenvalue weighted by Crippen LogP contribution is 2.30. The first kappa shape index (κ1) is 15.8. The summed E-state index contributed by atoms with van der Waals surface area (Å²) in [6, 6.07) is 7.17. The van der Waals surface area contributed by atoms with Crippen LogP contribution in [0.5, 0.6) is 0 Å². The molecule has 1 heterocycles. The molecule has 2 amide bonds. The van der Waals surface area contributed by atoms with Crippen LogP contribution in [0.1, 0.15) is 23.2 Å². The zero-order chi connectivity index (χ0) is 13.9. The van der Waals surface area contributed by atoms with Gasteiger partial charge >= 0.3 is 0 Å².